The van der Waals surface area contributed by atoms with Crippen LogP contribution >= 0.6 is 11.3 Å². The largest absolute Gasteiger partial charge is 0.477 e. The van der Waals surface area contributed by atoms with E-state index in [9.17, 15) is 9.90 Å². The SMILES string of the molecule is Cc1cccc(CN2CCC(CNc3ncnc4sc(C(=O)O)c(C)c34)CC2)c1. The zero-order chi connectivity index (χ0) is 20.4. The fraction of sp³-hybridized carbons (Fsp3) is 0.409. The Balaban J connectivity index is 1.35. The van der Waals surface area contributed by atoms with Crippen molar-refractivity contribution in [2.45, 2.75) is 33.2 Å². The van der Waals surface area contributed by atoms with Gasteiger partial charge in [-0.05, 0) is 56.8 Å². The van der Waals surface area contributed by atoms with Gasteiger partial charge in [-0.2, -0.15) is 0 Å². The topological polar surface area (TPSA) is 78.3 Å². The highest BCUT2D eigenvalue weighted by molar-refractivity contribution is 7.20. The number of fused-ring (bicyclic) bond motifs is 1. The second-order valence-electron chi connectivity index (χ2n) is 7.85. The number of rotatable bonds is 6. The molecule has 3 aromatic rings. The van der Waals surface area contributed by atoms with Crippen molar-refractivity contribution < 1.29 is 9.90 Å². The molecule has 1 saturated heterocycles. The van der Waals surface area contributed by atoms with Crippen LogP contribution in [0, 0.1) is 19.8 Å². The number of anilines is 1. The molecule has 1 aromatic carbocycles. The van der Waals surface area contributed by atoms with Crippen LogP contribution in [0.3, 0.4) is 0 Å². The minimum absolute atomic E-state index is 0.341. The maximum absolute atomic E-state index is 11.4. The first-order valence-corrected chi connectivity index (χ1v) is 10.8. The second kappa shape index (κ2) is 8.47. The van der Waals surface area contributed by atoms with Crippen molar-refractivity contribution in [1.29, 1.82) is 0 Å². The van der Waals surface area contributed by atoms with Gasteiger partial charge >= 0.3 is 5.97 Å². The van der Waals surface area contributed by atoms with E-state index in [-0.39, 0.29) is 0 Å². The van der Waals surface area contributed by atoms with E-state index in [0.29, 0.717) is 10.8 Å². The number of aryl methyl sites for hydroxylation is 2. The van der Waals surface area contributed by atoms with Crippen LogP contribution in [0.25, 0.3) is 10.2 Å². The number of benzene rings is 1. The van der Waals surface area contributed by atoms with E-state index in [2.05, 4.69) is 51.4 Å². The van der Waals surface area contributed by atoms with Crippen LogP contribution in [0.5, 0.6) is 0 Å². The van der Waals surface area contributed by atoms with Gasteiger partial charge in [0.15, 0.2) is 0 Å². The molecule has 29 heavy (non-hydrogen) atoms. The van der Waals surface area contributed by atoms with Gasteiger partial charge in [0.25, 0.3) is 0 Å². The molecule has 0 unspecified atom stereocenters. The number of carbonyl (C=O) groups is 1. The molecule has 0 spiro atoms. The van der Waals surface area contributed by atoms with Crippen LogP contribution in [-0.4, -0.2) is 45.6 Å². The third-order valence-corrected chi connectivity index (χ3v) is 6.86. The lowest BCUT2D eigenvalue weighted by Gasteiger charge is -2.32. The average Bonchev–Trinajstić information content (AvgIpc) is 3.05. The molecule has 0 aliphatic carbocycles. The molecule has 2 N–H and O–H groups in total. The molecule has 0 bridgehead atoms. The van der Waals surface area contributed by atoms with Crippen LogP contribution in [-0.2, 0) is 6.54 Å². The van der Waals surface area contributed by atoms with Crippen molar-refractivity contribution >= 4 is 33.3 Å². The van der Waals surface area contributed by atoms with Gasteiger partial charge in [-0.25, -0.2) is 14.8 Å². The molecule has 152 valence electrons. The average molecular weight is 411 g/mol. The Morgan fingerprint density at radius 3 is 2.79 bits per heavy atom. The lowest BCUT2D eigenvalue weighted by atomic mass is 9.96. The Bertz CT molecular complexity index is 1020. The number of likely N-dealkylation sites (tertiary alicyclic amines) is 1. The summed E-state index contributed by atoms with van der Waals surface area (Å²) in [6.45, 7) is 8.03. The van der Waals surface area contributed by atoms with Crippen molar-refractivity contribution in [1.82, 2.24) is 14.9 Å². The number of nitrogens with zero attached hydrogens (tertiary/aromatic N) is 3. The summed E-state index contributed by atoms with van der Waals surface area (Å²) >= 11 is 1.21. The fourth-order valence-corrected chi connectivity index (χ4v) is 5.06. The van der Waals surface area contributed by atoms with Crippen molar-refractivity contribution in [3.8, 4) is 0 Å². The van der Waals surface area contributed by atoms with Crippen LogP contribution in [0.4, 0.5) is 5.82 Å². The fourth-order valence-electron chi connectivity index (χ4n) is 4.07. The minimum Gasteiger partial charge on any atom is -0.477 e. The lowest BCUT2D eigenvalue weighted by Crippen LogP contribution is -2.35. The molecule has 1 aliphatic rings. The molecule has 0 saturated carbocycles. The number of carboxylic acids is 1. The highest BCUT2D eigenvalue weighted by Gasteiger charge is 2.21. The number of thiophene rings is 1. The Labute approximate surface area is 174 Å². The van der Waals surface area contributed by atoms with Crippen LogP contribution in [0.15, 0.2) is 30.6 Å². The molecular weight excluding hydrogens is 384 g/mol. The van der Waals surface area contributed by atoms with Gasteiger partial charge in [-0.1, -0.05) is 29.8 Å². The summed E-state index contributed by atoms with van der Waals surface area (Å²) in [5.41, 5.74) is 3.44. The smallest absolute Gasteiger partial charge is 0.346 e. The summed E-state index contributed by atoms with van der Waals surface area (Å²) in [5, 5.41) is 13.7. The second-order valence-corrected chi connectivity index (χ2v) is 8.85. The van der Waals surface area contributed by atoms with E-state index in [1.807, 2.05) is 6.92 Å². The molecule has 1 aliphatic heterocycles. The van der Waals surface area contributed by atoms with Crippen molar-refractivity contribution in [2.75, 3.05) is 25.0 Å². The molecule has 3 heterocycles. The number of hydrogen-bond acceptors (Lipinski definition) is 6. The molecular formula is C22H26N4O2S. The molecule has 2 aromatic heterocycles. The van der Waals surface area contributed by atoms with Crippen LogP contribution in [0.2, 0.25) is 0 Å². The Kier molecular flexibility index (Phi) is 5.78. The molecule has 7 heteroatoms. The van der Waals surface area contributed by atoms with Crippen molar-refractivity contribution in [2.24, 2.45) is 5.92 Å². The van der Waals surface area contributed by atoms with Crippen LogP contribution in [0.1, 0.15) is 39.2 Å². The van der Waals surface area contributed by atoms with E-state index >= 15 is 0 Å². The minimum atomic E-state index is -0.905. The number of aromatic carboxylic acids is 1. The number of nitrogens with one attached hydrogen (secondary N) is 1. The summed E-state index contributed by atoms with van der Waals surface area (Å²) in [5.74, 6) is 0.433. The standard InChI is InChI=1S/C22H26N4O2S/c1-14-4-3-5-17(10-14)12-26-8-6-16(7-9-26)11-23-20-18-15(2)19(22(27)28)29-21(18)25-13-24-20/h3-5,10,13,16H,6-9,11-12H2,1-2H3,(H,27,28)(H,23,24,25). The highest BCUT2D eigenvalue weighted by Crippen LogP contribution is 2.33. The summed E-state index contributed by atoms with van der Waals surface area (Å²) in [6.07, 6.45) is 3.81. The number of carboxylic acid groups (broad SMARTS) is 1. The third kappa shape index (κ3) is 4.41. The first-order valence-electron chi connectivity index (χ1n) is 10.0. The van der Waals surface area contributed by atoms with Gasteiger partial charge < -0.3 is 10.4 Å². The quantitative estimate of drug-likeness (QED) is 0.630. The molecule has 0 radical (unpaired) electrons. The molecule has 0 amide bonds. The Morgan fingerprint density at radius 2 is 2.07 bits per heavy atom. The van der Waals surface area contributed by atoms with Gasteiger partial charge in [0.05, 0.1) is 5.39 Å². The summed E-state index contributed by atoms with van der Waals surface area (Å²) in [4.78, 5) is 23.7. The van der Waals surface area contributed by atoms with Gasteiger partial charge in [0.1, 0.15) is 21.9 Å². The highest BCUT2D eigenvalue weighted by atomic mass is 32.1. The first-order chi connectivity index (χ1) is 14.0. The van der Waals surface area contributed by atoms with E-state index in [1.54, 1.807) is 0 Å². The van der Waals surface area contributed by atoms with E-state index in [4.69, 9.17) is 0 Å². The molecule has 0 atom stereocenters. The number of hydrogen-bond donors (Lipinski definition) is 2. The predicted octanol–water partition coefficient (Wildman–Crippen LogP) is 4.33. The summed E-state index contributed by atoms with van der Waals surface area (Å²) in [7, 11) is 0. The van der Waals surface area contributed by atoms with Gasteiger partial charge in [0.2, 0.25) is 0 Å². The van der Waals surface area contributed by atoms with Gasteiger partial charge in [0, 0.05) is 13.1 Å². The lowest BCUT2D eigenvalue weighted by molar-refractivity contribution is 0.0701. The summed E-state index contributed by atoms with van der Waals surface area (Å²) in [6, 6.07) is 8.74. The third-order valence-electron chi connectivity index (χ3n) is 5.68. The van der Waals surface area contributed by atoms with Gasteiger partial charge in [-0.3, -0.25) is 4.90 Å². The normalized spacial score (nSPS) is 15.7. The maximum Gasteiger partial charge on any atom is 0.346 e. The van der Waals surface area contributed by atoms with Gasteiger partial charge in [-0.15, -0.1) is 11.3 Å². The van der Waals surface area contributed by atoms with Crippen molar-refractivity contribution in [3.63, 3.8) is 0 Å². The molecule has 4 rings (SSSR count). The summed E-state index contributed by atoms with van der Waals surface area (Å²) < 4.78 is 0. The van der Waals surface area contributed by atoms with Crippen molar-refractivity contribution in [3.05, 3.63) is 52.2 Å². The zero-order valence-corrected chi connectivity index (χ0v) is 17.6. The first kappa shape index (κ1) is 19.8. The van der Waals surface area contributed by atoms with E-state index in [1.165, 1.54) is 28.8 Å². The molecule has 6 nitrogen and oxygen atoms in total. The predicted molar refractivity (Wildman–Crippen MR) is 117 cm³/mol. The monoisotopic (exact) mass is 410 g/mol. The molecule has 1 fully saturated rings. The zero-order valence-electron chi connectivity index (χ0n) is 16.8. The number of piperidine rings is 1. The Hall–Kier alpha value is -2.51. The van der Waals surface area contributed by atoms with E-state index < -0.39 is 5.97 Å². The van der Waals surface area contributed by atoms with E-state index in [0.717, 1.165) is 60.6 Å². The van der Waals surface area contributed by atoms with Crippen LogP contribution < -0.4 is 5.32 Å². The maximum atomic E-state index is 11.4. The Morgan fingerprint density at radius 1 is 1.28 bits per heavy atom. The number of aromatic nitrogens is 2.